The standard InChI is InChI=1S/C7H9F6NO/c1-4(2)14(3-6(8,9)10)5(15)7(11,12)13/h4H,3H2,1-2H3. The zero-order chi connectivity index (χ0) is 12.4. The van der Waals surface area contributed by atoms with Crippen LogP contribution in [-0.2, 0) is 4.79 Å². The summed E-state index contributed by atoms with van der Waals surface area (Å²) >= 11 is 0. The molecule has 0 aromatic carbocycles. The molecule has 0 aliphatic carbocycles. The van der Waals surface area contributed by atoms with Gasteiger partial charge in [0.25, 0.3) is 0 Å². The molecule has 0 aliphatic heterocycles. The molecule has 0 unspecified atom stereocenters. The monoisotopic (exact) mass is 237 g/mol. The maximum atomic E-state index is 11.9. The van der Waals surface area contributed by atoms with Gasteiger partial charge in [-0.2, -0.15) is 26.3 Å². The maximum Gasteiger partial charge on any atom is 0.471 e. The molecule has 15 heavy (non-hydrogen) atoms. The first-order valence-corrected chi connectivity index (χ1v) is 3.89. The number of carbonyl (C=O) groups is 1. The van der Waals surface area contributed by atoms with Gasteiger partial charge in [-0.05, 0) is 13.8 Å². The smallest absolute Gasteiger partial charge is 0.323 e. The molecule has 0 spiro atoms. The van der Waals surface area contributed by atoms with Gasteiger partial charge in [0.1, 0.15) is 6.54 Å². The van der Waals surface area contributed by atoms with Crippen molar-refractivity contribution in [2.24, 2.45) is 0 Å². The van der Waals surface area contributed by atoms with Crippen LogP contribution in [0.3, 0.4) is 0 Å². The van der Waals surface area contributed by atoms with Crippen molar-refractivity contribution < 1.29 is 31.1 Å². The number of hydrogen-bond acceptors (Lipinski definition) is 1. The summed E-state index contributed by atoms with van der Waals surface area (Å²) in [6, 6.07) is -1.17. The first kappa shape index (κ1) is 14.1. The number of halogens is 6. The number of nitrogens with zero attached hydrogens (tertiary/aromatic N) is 1. The molecular weight excluding hydrogens is 228 g/mol. The van der Waals surface area contributed by atoms with Gasteiger partial charge in [-0.3, -0.25) is 4.79 Å². The third-order valence-corrected chi connectivity index (χ3v) is 1.48. The van der Waals surface area contributed by atoms with Gasteiger partial charge < -0.3 is 4.90 Å². The van der Waals surface area contributed by atoms with Crippen molar-refractivity contribution in [3.8, 4) is 0 Å². The Hall–Kier alpha value is -0.950. The van der Waals surface area contributed by atoms with Gasteiger partial charge in [-0.1, -0.05) is 0 Å². The molecule has 0 aromatic heterocycles. The van der Waals surface area contributed by atoms with E-state index < -0.39 is 30.8 Å². The highest BCUT2D eigenvalue weighted by molar-refractivity contribution is 5.82. The molecule has 0 fully saturated rings. The molecule has 0 saturated heterocycles. The van der Waals surface area contributed by atoms with E-state index in [0.717, 1.165) is 13.8 Å². The second-order valence-corrected chi connectivity index (χ2v) is 3.14. The Morgan fingerprint density at radius 2 is 1.53 bits per heavy atom. The quantitative estimate of drug-likeness (QED) is 0.675. The first-order valence-electron chi connectivity index (χ1n) is 3.89. The van der Waals surface area contributed by atoms with E-state index >= 15 is 0 Å². The molecule has 0 atom stereocenters. The lowest BCUT2D eigenvalue weighted by Crippen LogP contribution is -2.49. The lowest BCUT2D eigenvalue weighted by atomic mass is 10.3. The summed E-state index contributed by atoms with van der Waals surface area (Å²) in [6.45, 7) is 0.258. The zero-order valence-corrected chi connectivity index (χ0v) is 7.91. The minimum atomic E-state index is -5.28. The molecule has 0 saturated carbocycles. The Balaban J connectivity index is 4.77. The van der Waals surface area contributed by atoms with Crippen molar-refractivity contribution in [3.05, 3.63) is 0 Å². The van der Waals surface area contributed by atoms with E-state index in [1.54, 1.807) is 0 Å². The Morgan fingerprint density at radius 3 is 1.73 bits per heavy atom. The predicted octanol–water partition coefficient (Wildman–Crippen LogP) is 2.35. The average Bonchev–Trinajstić information content (AvgIpc) is 1.94. The van der Waals surface area contributed by atoms with Gasteiger partial charge in [0.05, 0.1) is 0 Å². The summed E-state index contributed by atoms with van der Waals surface area (Å²) in [5, 5.41) is 0. The molecule has 0 rings (SSSR count). The highest BCUT2D eigenvalue weighted by Gasteiger charge is 2.46. The minimum absolute atomic E-state index is 0.264. The highest BCUT2D eigenvalue weighted by Crippen LogP contribution is 2.24. The van der Waals surface area contributed by atoms with E-state index in [0.29, 0.717) is 0 Å². The highest BCUT2D eigenvalue weighted by atomic mass is 19.4. The number of carbonyl (C=O) groups excluding carboxylic acids is 1. The van der Waals surface area contributed by atoms with Gasteiger partial charge in [0.2, 0.25) is 0 Å². The second-order valence-electron chi connectivity index (χ2n) is 3.14. The fourth-order valence-corrected chi connectivity index (χ4v) is 0.845. The van der Waals surface area contributed by atoms with Crippen molar-refractivity contribution in [1.82, 2.24) is 4.90 Å². The summed E-state index contributed by atoms with van der Waals surface area (Å²) in [7, 11) is 0. The molecule has 90 valence electrons. The molecule has 2 nitrogen and oxygen atoms in total. The number of rotatable bonds is 2. The third-order valence-electron chi connectivity index (χ3n) is 1.48. The average molecular weight is 237 g/mol. The van der Waals surface area contributed by atoms with Crippen LogP contribution in [0, 0.1) is 0 Å². The lowest BCUT2D eigenvalue weighted by molar-refractivity contribution is -0.200. The van der Waals surface area contributed by atoms with Crippen LogP contribution in [0.4, 0.5) is 26.3 Å². The zero-order valence-electron chi connectivity index (χ0n) is 7.91. The van der Waals surface area contributed by atoms with Gasteiger partial charge in [0.15, 0.2) is 0 Å². The Kier molecular flexibility index (Phi) is 4.01. The number of amides is 1. The normalized spacial score (nSPS) is 13.1. The summed E-state index contributed by atoms with van der Waals surface area (Å²) in [5.41, 5.74) is 0. The van der Waals surface area contributed by atoms with Crippen LogP contribution in [0.2, 0.25) is 0 Å². The van der Waals surface area contributed by atoms with E-state index in [1.807, 2.05) is 0 Å². The first-order chi connectivity index (χ1) is 6.45. The summed E-state index contributed by atoms with van der Waals surface area (Å²) in [6.07, 6.45) is -10.1. The molecule has 0 aromatic rings. The lowest BCUT2D eigenvalue weighted by Gasteiger charge is -2.28. The van der Waals surface area contributed by atoms with E-state index in [4.69, 9.17) is 0 Å². The Morgan fingerprint density at radius 1 is 1.13 bits per heavy atom. The van der Waals surface area contributed by atoms with Crippen LogP contribution in [0.5, 0.6) is 0 Å². The minimum Gasteiger partial charge on any atom is -0.323 e. The van der Waals surface area contributed by atoms with Crippen LogP contribution < -0.4 is 0 Å². The van der Waals surface area contributed by atoms with Crippen molar-refractivity contribution in [2.75, 3.05) is 6.54 Å². The van der Waals surface area contributed by atoms with Crippen LogP contribution in [0.15, 0.2) is 0 Å². The predicted molar refractivity (Wildman–Crippen MR) is 39.0 cm³/mol. The fraction of sp³-hybridized carbons (Fsp3) is 0.857. The van der Waals surface area contributed by atoms with Crippen LogP contribution in [-0.4, -0.2) is 35.7 Å². The molecule has 0 bridgehead atoms. The van der Waals surface area contributed by atoms with Gasteiger partial charge in [-0.15, -0.1) is 0 Å². The SMILES string of the molecule is CC(C)N(CC(F)(F)F)C(=O)C(F)(F)F. The molecule has 0 N–H and O–H groups in total. The van der Waals surface area contributed by atoms with Crippen molar-refractivity contribution in [1.29, 1.82) is 0 Å². The van der Waals surface area contributed by atoms with Crippen LogP contribution in [0.25, 0.3) is 0 Å². The molecular formula is C7H9F6NO. The van der Waals surface area contributed by atoms with E-state index in [-0.39, 0.29) is 4.90 Å². The Labute approximate surface area is 81.8 Å². The van der Waals surface area contributed by atoms with E-state index in [1.165, 1.54) is 0 Å². The van der Waals surface area contributed by atoms with E-state index in [9.17, 15) is 31.1 Å². The summed E-state index contributed by atoms with van der Waals surface area (Å²) < 4.78 is 71.2. The van der Waals surface area contributed by atoms with Crippen LogP contribution >= 0.6 is 0 Å². The second kappa shape index (κ2) is 4.28. The number of hydrogen-bond donors (Lipinski definition) is 0. The molecule has 0 heterocycles. The van der Waals surface area contributed by atoms with Crippen LogP contribution in [0.1, 0.15) is 13.8 Å². The van der Waals surface area contributed by atoms with Gasteiger partial charge in [-0.25, -0.2) is 0 Å². The molecule has 0 aliphatic rings. The maximum absolute atomic E-state index is 11.9. The van der Waals surface area contributed by atoms with Crippen molar-refractivity contribution in [3.63, 3.8) is 0 Å². The molecule has 0 radical (unpaired) electrons. The van der Waals surface area contributed by atoms with E-state index in [2.05, 4.69) is 0 Å². The largest absolute Gasteiger partial charge is 0.471 e. The fourth-order valence-electron chi connectivity index (χ4n) is 0.845. The Bertz CT molecular complexity index is 231. The summed E-state index contributed by atoms with van der Waals surface area (Å²) in [5.74, 6) is -2.48. The summed E-state index contributed by atoms with van der Waals surface area (Å²) in [4.78, 5) is 10.3. The van der Waals surface area contributed by atoms with Gasteiger partial charge >= 0.3 is 18.3 Å². The molecule has 8 heteroatoms. The van der Waals surface area contributed by atoms with Crippen molar-refractivity contribution in [2.45, 2.75) is 32.2 Å². The number of alkyl halides is 6. The van der Waals surface area contributed by atoms with Gasteiger partial charge in [0, 0.05) is 6.04 Å². The molecule has 1 amide bonds. The topological polar surface area (TPSA) is 20.3 Å². The van der Waals surface area contributed by atoms with Crippen molar-refractivity contribution >= 4 is 5.91 Å². The third kappa shape index (κ3) is 4.89.